The molecule has 1 heterocycles. The molecule has 0 bridgehead atoms. The summed E-state index contributed by atoms with van der Waals surface area (Å²) in [5, 5.41) is 13.1. The SMILES string of the molecule is COC(=O)c1cnn(C)c1CC(C)(N)CO. The summed E-state index contributed by atoms with van der Waals surface area (Å²) in [6.07, 6.45) is 1.79. The summed E-state index contributed by atoms with van der Waals surface area (Å²) in [6, 6.07) is 0. The van der Waals surface area contributed by atoms with E-state index < -0.39 is 11.5 Å². The molecule has 90 valence electrons. The zero-order valence-corrected chi connectivity index (χ0v) is 9.73. The number of methoxy groups -OCH3 is 1. The van der Waals surface area contributed by atoms with Gasteiger partial charge in [-0.05, 0) is 6.92 Å². The second kappa shape index (κ2) is 4.63. The number of aliphatic hydroxyl groups excluding tert-OH is 1. The van der Waals surface area contributed by atoms with Gasteiger partial charge in [-0.3, -0.25) is 4.68 Å². The summed E-state index contributed by atoms with van der Waals surface area (Å²) < 4.78 is 6.21. The van der Waals surface area contributed by atoms with Gasteiger partial charge in [0.2, 0.25) is 0 Å². The van der Waals surface area contributed by atoms with Crippen molar-refractivity contribution in [3.05, 3.63) is 17.5 Å². The van der Waals surface area contributed by atoms with Crippen molar-refractivity contribution in [3.8, 4) is 0 Å². The van der Waals surface area contributed by atoms with Crippen LogP contribution in [0.4, 0.5) is 0 Å². The first kappa shape index (κ1) is 12.7. The molecule has 1 rings (SSSR count). The quantitative estimate of drug-likeness (QED) is 0.674. The van der Waals surface area contributed by atoms with Gasteiger partial charge < -0.3 is 15.6 Å². The molecule has 0 saturated carbocycles. The van der Waals surface area contributed by atoms with Crippen molar-refractivity contribution in [2.24, 2.45) is 12.8 Å². The average molecular weight is 227 g/mol. The Hall–Kier alpha value is -1.40. The lowest BCUT2D eigenvalue weighted by molar-refractivity contribution is 0.0598. The first-order valence-electron chi connectivity index (χ1n) is 4.90. The molecule has 0 aliphatic heterocycles. The van der Waals surface area contributed by atoms with Gasteiger partial charge in [0, 0.05) is 19.0 Å². The molecule has 1 aromatic rings. The monoisotopic (exact) mass is 227 g/mol. The molecule has 0 aliphatic rings. The Kier molecular flexibility index (Phi) is 3.66. The number of aliphatic hydroxyl groups is 1. The number of nitrogens with zero attached hydrogens (tertiary/aromatic N) is 2. The van der Waals surface area contributed by atoms with Gasteiger partial charge in [-0.25, -0.2) is 4.79 Å². The maximum atomic E-state index is 11.4. The van der Waals surface area contributed by atoms with Crippen LogP contribution >= 0.6 is 0 Å². The number of hydrogen-bond acceptors (Lipinski definition) is 5. The molecule has 6 nitrogen and oxygen atoms in total. The Morgan fingerprint density at radius 1 is 1.75 bits per heavy atom. The maximum absolute atomic E-state index is 11.4. The molecule has 0 aliphatic carbocycles. The largest absolute Gasteiger partial charge is 0.465 e. The minimum Gasteiger partial charge on any atom is -0.465 e. The van der Waals surface area contributed by atoms with Gasteiger partial charge in [0.05, 0.1) is 25.6 Å². The number of hydrogen-bond donors (Lipinski definition) is 2. The van der Waals surface area contributed by atoms with Crippen molar-refractivity contribution in [1.82, 2.24) is 9.78 Å². The number of nitrogens with two attached hydrogens (primary N) is 1. The van der Waals surface area contributed by atoms with Crippen molar-refractivity contribution < 1.29 is 14.6 Å². The van der Waals surface area contributed by atoms with Crippen molar-refractivity contribution >= 4 is 5.97 Å². The first-order valence-corrected chi connectivity index (χ1v) is 4.90. The Balaban J connectivity index is 3.03. The lowest BCUT2D eigenvalue weighted by Crippen LogP contribution is -2.43. The molecular weight excluding hydrogens is 210 g/mol. The van der Waals surface area contributed by atoms with E-state index in [-0.39, 0.29) is 6.61 Å². The Morgan fingerprint density at radius 3 is 2.88 bits per heavy atom. The summed E-state index contributed by atoms with van der Waals surface area (Å²) >= 11 is 0. The molecule has 0 spiro atoms. The highest BCUT2D eigenvalue weighted by Crippen LogP contribution is 2.15. The van der Waals surface area contributed by atoms with Crippen LogP contribution in [0, 0.1) is 0 Å². The molecule has 0 aromatic carbocycles. The number of aryl methyl sites for hydroxylation is 1. The second-order valence-electron chi connectivity index (χ2n) is 4.11. The van der Waals surface area contributed by atoms with E-state index in [1.165, 1.54) is 13.3 Å². The Morgan fingerprint density at radius 2 is 2.38 bits per heavy atom. The van der Waals surface area contributed by atoms with E-state index in [0.29, 0.717) is 17.7 Å². The predicted octanol–water partition coefficient (Wildman–Crippen LogP) is -0.541. The van der Waals surface area contributed by atoms with E-state index in [9.17, 15) is 4.79 Å². The average Bonchev–Trinajstić information content (AvgIpc) is 2.59. The summed E-state index contributed by atoms with van der Waals surface area (Å²) in [4.78, 5) is 11.4. The molecule has 16 heavy (non-hydrogen) atoms. The fourth-order valence-corrected chi connectivity index (χ4v) is 1.39. The first-order chi connectivity index (χ1) is 7.41. The number of carbonyl (C=O) groups excluding carboxylic acids is 1. The molecule has 0 radical (unpaired) electrons. The number of rotatable bonds is 4. The summed E-state index contributed by atoms with van der Waals surface area (Å²) in [5.74, 6) is -0.447. The Labute approximate surface area is 94.0 Å². The normalized spacial score (nSPS) is 14.6. The van der Waals surface area contributed by atoms with Gasteiger partial charge in [0.15, 0.2) is 0 Å². The molecule has 3 N–H and O–H groups in total. The standard InChI is InChI=1S/C10H17N3O3/c1-10(11,6-14)4-8-7(9(15)16-3)5-12-13(8)2/h5,14H,4,6,11H2,1-3H3. The van der Waals surface area contributed by atoms with Crippen LogP contribution in [0.2, 0.25) is 0 Å². The van der Waals surface area contributed by atoms with E-state index in [1.54, 1.807) is 18.7 Å². The highest BCUT2D eigenvalue weighted by molar-refractivity contribution is 5.90. The second-order valence-corrected chi connectivity index (χ2v) is 4.11. The smallest absolute Gasteiger partial charge is 0.341 e. The van der Waals surface area contributed by atoms with Crippen molar-refractivity contribution in [1.29, 1.82) is 0 Å². The fourth-order valence-electron chi connectivity index (χ4n) is 1.39. The minimum absolute atomic E-state index is 0.168. The zero-order valence-electron chi connectivity index (χ0n) is 9.73. The van der Waals surface area contributed by atoms with Crippen LogP contribution in [0.3, 0.4) is 0 Å². The highest BCUT2D eigenvalue weighted by atomic mass is 16.5. The number of aromatic nitrogens is 2. The van der Waals surface area contributed by atoms with E-state index in [2.05, 4.69) is 9.84 Å². The molecule has 1 atom stereocenters. The Bertz CT molecular complexity index is 385. The van der Waals surface area contributed by atoms with Crippen molar-refractivity contribution in [3.63, 3.8) is 0 Å². The van der Waals surface area contributed by atoms with Crippen LogP contribution in [0.15, 0.2) is 6.20 Å². The molecule has 6 heteroatoms. The van der Waals surface area contributed by atoms with Crippen LogP contribution in [-0.2, 0) is 18.2 Å². The molecule has 1 aromatic heterocycles. The third-order valence-corrected chi connectivity index (χ3v) is 2.40. The summed E-state index contributed by atoms with van der Waals surface area (Å²) in [5.41, 5.74) is 6.10. The van der Waals surface area contributed by atoms with E-state index in [4.69, 9.17) is 10.8 Å². The van der Waals surface area contributed by atoms with Gasteiger partial charge >= 0.3 is 5.97 Å². The fraction of sp³-hybridized carbons (Fsp3) is 0.600. The summed E-state index contributed by atoms with van der Waals surface area (Å²) in [6.45, 7) is 1.54. The molecule has 0 amide bonds. The van der Waals surface area contributed by atoms with Crippen molar-refractivity contribution in [2.45, 2.75) is 18.9 Å². The zero-order chi connectivity index (χ0) is 12.3. The van der Waals surface area contributed by atoms with E-state index in [1.807, 2.05) is 0 Å². The van der Waals surface area contributed by atoms with E-state index in [0.717, 1.165) is 0 Å². The van der Waals surface area contributed by atoms with Gasteiger partial charge in [0.1, 0.15) is 5.56 Å². The molecule has 1 unspecified atom stereocenters. The van der Waals surface area contributed by atoms with Gasteiger partial charge in [0.25, 0.3) is 0 Å². The third-order valence-electron chi connectivity index (χ3n) is 2.40. The van der Waals surface area contributed by atoms with Crippen LogP contribution in [0.1, 0.15) is 23.0 Å². The van der Waals surface area contributed by atoms with E-state index >= 15 is 0 Å². The van der Waals surface area contributed by atoms with Crippen LogP contribution in [0.5, 0.6) is 0 Å². The molecule has 0 fully saturated rings. The van der Waals surface area contributed by atoms with Gasteiger partial charge in [-0.15, -0.1) is 0 Å². The summed E-state index contributed by atoms with van der Waals surface area (Å²) in [7, 11) is 3.03. The van der Waals surface area contributed by atoms with Gasteiger partial charge in [-0.1, -0.05) is 0 Å². The highest BCUT2D eigenvalue weighted by Gasteiger charge is 2.24. The van der Waals surface area contributed by atoms with Crippen LogP contribution in [0.25, 0.3) is 0 Å². The van der Waals surface area contributed by atoms with Gasteiger partial charge in [-0.2, -0.15) is 5.10 Å². The van der Waals surface area contributed by atoms with Crippen LogP contribution < -0.4 is 5.73 Å². The molecule has 0 saturated heterocycles. The maximum Gasteiger partial charge on any atom is 0.341 e. The lowest BCUT2D eigenvalue weighted by Gasteiger charge is -2.22. The molecular formula is C10H17N3O3. The number of ether oxygens (including phenoxy) is 1. The topological polar surface area (TPSA) is 90.4 Å². The number of esters is 1. The van der Waals surface area contributed by atoms with Crippen molar-refractivity contribution in [2.75, 3.05) is 13.7 Å². The number of carbonyl (C=O) groups is 1. The predicted molar refractivity (Wildman–Crippen MR) is 57.9 cm³/mol. The third kappa shape index (κ3) is 2.59. The lowest BCUT2D eigenvalue weighted by atomic mass is 9.96. The van der Waals surface area contributed by atoms with Crippen LogP contribution in [-0.4, -0.2) is 40.1 Å². The minimum atomic E-state index is -0.781.